The lowest BCUT2D eigenvalue weighted by molar-refractivity contribution is 0.315. The topological polar surface area (TPSA) is 106 Å². The highest BCUT2D eigenvalue weighted by atomic mass is 32.2. The molecular formula is C2H8O5S. The van der Waals surface area contributed by atoms with Crippen LogP contribution in [0.1, 0.15) is 0 Å². The van der Waals surface area contributed by atoms with E-state index in [1.54, 1.807) is 0 Å². The van der Waals surface area contributed by atoms with E-state index in [1.165, 1.54) is 0 Å². The quantitative estimate of drug-likeness (QED) is 0.439. The predicted molar refractivity (Wildman–Crippen MR) is 27.1 cm³/mol. The third-order valence-electron chi connectivity index (χ3n) is 0.349. The molecule has 0 aromatic rings. The van der Waals surface area contributed by atoms with Crippen molar-refractivity contribution >= 4 is 10.1 Å². The molecule has 0 aliphatic heterocycles. The van der Waals surface area contributed by atoms with Crippen LogP contribution >= 0.6 is 0 Å². The van der Waals surface area contributed by atoms with Crippen molar-refractivity contribution < 1.29 is 23.6 Å². The van der Waals surface area contributed by atoms with Crippen LogP contribution in [0, 0.1) is 0 Å². The van der Waals surface area contributed by atoms with Crippen LogP contribution in [-0.4, -0.2) is 35.9 Å². The molecule has 0 aliphatic rings. The van der Waals surface area contributed by atoms with Crippen LogP contribution in [-0.2, 0) is 10.1 Å². The molecule has 6 heteroatoms. The normalized spacial score (nSPS) is 10.2. The van der Waals surface area contributed by atoms with Gasteiger partial charge in [-0.25, -0.2) is 0 Å². The first-order valence-electron chi connectivity index (χ1n) is 1.62. The van der Waals surface area contributed by atoms with Gasteiger partial charge in [-0.15, -0.1) is 0 Å². The first-order chi connectivity index (χ1) is 3.06. The van der Waals surface area contributed by atoms with Crippen LogP contribution < -0.4 is 0 Å². The molecular weight excluding hydrogens is 136 g/mol. The second-order valence-electron chi connectivity index (χ2n) is 1.01. The van der Waals surface area contributed by atoms with Crippen LogP contribution in [0.3, 0.4) is 0 Å². The maximum atomic E-state index is 9.63. The molecule has 0 aromatic carbocycles. The number of aliphatic hydroxyl groups is 1. The first-order valence-corrected chi connectivity index (χ1v) is 3.23. The van der Waals surface area contributed by atoms with E-state index in [1.807, 2.05) is 0 Å². The summed E-state index contributed by atoms with van der Waals surface area (Å²) in [5, 5.41) is 7.86. The van der Waals surface area contributed by atoms with Crippen molar-refractivity contribution in [3.05, 3.63) is 0 Å². The number of hydrogen-bond donors (Lipinski definition) is 2. The Balaban J connectivity index is 0. The van der Waals surface area contributed by atoms with Gasteiger partial charge in [0.1, 0.15) is 0 Å². The maximum absolute atomic E-state index is 9.63. The van der Waals surface area contributed by atoms with E-state index in [0.29, 0.717) is 0 Å². The fraction of sp³-hybridized carbons (Fsp3) is 1.00. The molecule has 0 bridgehead atoms. The van der Waals surface area contributed by atoms with E-state index in [-0.39, 0.29) is 5.48 Å². The Morgan fingerprint density at radius 2 is 1.75 bits per heavy atom. The molecule has 0 heterocycles. The summed E-state index contributed by atoms with van der Waals surface area (Å²) in [6.07, 6.45) is 0. The standard InChI is InChI=1S/C2H6O4S.H2O/c3-1-2-7(4,5)6;/h3H,1-2H2,(H,4,5,6);1H2. The fourth-order valence-corrected chi connectivity index (χ4v) is 0.346. The average molecular weight is 144 g/mol. The molecule has 8 heavy (non-hydrogen) atoms. The Labute approximate surface area is 47.0 Å². The molecule has 0 aromatic heterocycles. The fourth-order valence-electron chi connectivity index (χ4n) is 0.115. The van der Waals surface area contributed by atoms with E-state index >= 15 is 0 Å². The monoisotopic (exact) mass is 144 g/mol. The Morgan fingerprint density at radius 1 is 1.38 bits per heavy atom. The Kier molecular flexibility index (Phi) is 5.09. The number of rotatable bonds is 2. The minimum Gasteiger partial charge on any atom is -0.412 e. The zero-order valence-corrected chi connectivity index (χ0v) is 4.85. The van der Waals surface area contributed by atoms with Crippen molar-refractivity contribution in [2.45, 2.75) is 0 Å². The predicted octanol–water partition coefficient (Wildman–Crippen LogP) is -1.96. The summed E-state index contributed by atoms with van der Waals surface area (Å²) in [6.45, 7) is -0.529. The lowest BCUT2D eigenvalue weighted by atomic mass is 10.9. The highest BCUT2D eigenvalue weighted by Gasteiger charge is 1.99. The van der Waals surface area contributed by atoms with Crippen LogP contribution in [0.4, 0.5) is 0 Å². The molecule has 0 fully saturated rings. The van der Waals surface area contributed by atoms with E-state index < -0.39 is 22.5 Å². The van der Waals surface area contributed by atoms with Crippen LogP contribution in [0.5, 0.6) is 0 Å². The minimum absolute atomic E-state index is 0. The molecule has 0 unspecified atom stereocenters. The maximum Gasteiger partial charge on any atom is 0.267 e. The zero-order chi connectivity index (χ0) is 5.91. The lowest BCUT2D eigenvalue weighted by Gasteiger charge is -1.85. The zero-order valence-electron chi connectivity index (χ0n) is 4.03. The molecule has 0 atom stereocenters. The van der Waals surface area contributed by atoms with Gasteiger partial charge in [0.15, 0.2) is 0 Å². The highest BCUT2D eigenvalue weighted by Crippen LogP contribution is 1.75. The molecule has 0 aliphatic carbocycles. The van der Waals surface area contributed by atoms with Crippen molar-refractivity contribution in [2.24, 2.45) is 0 Å². The van der Waals surface area contributed by atoms with Gasteiger partial charge in [0.05, 0.1) is 12.4 Å². The van der Waals surface area contributed by atoms with Gasteiger partial charge in [-0.3, -0.25) is 4.55 Å². The van der Waals surface area contributed by atoms with Crippen LogP contribution in [0.15, 0.2) is 0 Å². The minimum atomic E-state index is -3.92. The third-order valence-corrected chi connectivity index (χ3v) is 1.05. The molecule has 0 rings (SSSR count). The largest absolute Gasteiger partial charge is 0.412 e. The summed E-state index contributed by atoms with van der Waals surface area (Å²) in [4.78, 5) is 0. The summed E-state index contributed by atoms with van der Waals surface area (Å²) < 4.78 is 27.1. The molecule has 0 saturated heterocycles. The summed E-state index contributed by atoms with van der Waals surface area (Å²) in [7, 11) is -3.92. The van der Waals surface area contributed by atoms with Gasteiger partial charge in [-0.1, -0.05) is 0 Å². The summed E-state index contributed by atoms with van der Waals surface area (Å²) in [6, 6.07) is 0. The van der Waals surface area contributed by atoms with Crippen LogP contribution in [0.2, 0.25) is 0 Å². The van der Waals surface area contributed by atoms with Gasteiger partial charge in [0.25, 0.3) is 10.1 Å². The van der Waals surface area contributed by atoms with E-state index in [0.717, 1.165) is 0 Å². The van der Waals surface area contributed by atoms with Gasteiger partial charge in [-0.2, -0.15) is 8.42 Å². The van der Waals surface area contributed by atoms with Crippen molar-refractivity contribution in [1.82, 2.24) is 0 Å². The van der Waals surface area contributed by atoms with Crippen LogP contribution in [0.25, 0.3) is 0 Å². The van der Waals surface area contributed by atoms with E-state index in [9.17, 15) is 8.42 Å². The summed E-state index contributed by atoms with van der Waals surface area (Å²) >= 11 is 0. The second kappa shape index (κ2) is 3.79. The van der Waals surface area contributed by atoms with Crippen molar-refractivity contribution in [1.29, 1.82) is 0 Å². The second-order valence-corrected chi connectivity index (χ2v) is 2.58. The molecule has 0 amide bonds. The van der Waals surface area contributed by atoms with E-state index in [2.05, 4.69) is 0 Å². The van der Waals surface area contributed by atoms with E-state index in [4.69, 9.17) is 9.66 Å². The smallest absolute Gasteiger partial charge is 0.267 e. The molecule has 5 nitrogen and oxygen atoms in total. The average Bonchev–Trinajstić information content (AvgIpc) is 1.30. The Bertz CT molecular complexity index is 123. The van der Waals surface area contributed by atoms with Crippen molar-refractivity contribution in [3.8, 4) is 0 Å². The summed E-state index contributed by atoms with van der Waals surface area (Å²) in [5.41, 5.74) is 0. The third kappa shape index (κ3) is 9.27. The molecule has 0 radical (unpaired) electrons. The highest BCUT2D eigenvalue weighted by molar-refractivity contribution is 7.85. The van der Waals surface area contributed by atoms with Crippen molar-refractivity contribution in [3.63, 3.8) is 0 Å². The summed E-state index contributed by atoms with van der Waals surface area (Å²) in [5.74, 6) is -0.576. The van der Waals surface area contributed by atoms with Gasteiger partial charge in [0, 0.05) is 0 Å². The SMILES string of the molecule is O.O=S(=O)(O)CCO. The van der Waals surface area contributed by atoms with Gasteiger partial charge in [0.2, 0.25) is 0 Å². The Morgan fingerprint density at radius 3 is 1.75 bits per heavy atom. The Hall–Kier alpha value is -0.170. The number of aliphatic hydroxyl groups excluding tert-OH is 1. The van der Waals surface area contributed by atoms with Gasteiger partial charge in [-0.05, 0) is 0 Å². The first kappa shape index (κ1) is 10.7. The lowest BCUT2D eigenvalue weighted by Crippen LogP contribution is -2.06. The molecule has 52 valence electrons. The van der Waals surface area contributed by atoms with Gasteiger partial charge >= 0.3 is 0 Å². The molecule has 0 saturated carbocycles. The van der Waals surface area contributed by atoms with Gasteiger partial charge < -0.3 is 10.6 Å². The van der Waals surface area contributed by atoms with Crippen molar-refractivity contribution in [2.75, 3.05) is 12.4 Å². The molecule has 0 spiro atoms. The molecule has 4 N–H and O–H groups in total. The number of hydrogen-bond acceptors (Lipinski definition) is 3.